The molecule has 4 saturated carbocycles. The summed E-state index contributed by atoms with van der Waals surface area (Å²) < 4.78 is 29.4. The topological polar surface area (TPSA) is 58.2 Å². The molecule has 1 N–H and O–H groups in total. The third-order valence-electron chi connectivity index (χ3n) is 9.46. The van der Waals surface area contributed by atoms with Gasteiger partial charge in [0.15, 0.2) is 13.1 Å². The third kappa shape index (κ3) is 6.04. The van der Waals surface area contributed by atoms with Gasteiger partial charge in [0, 0.05) is 31.3 Å². The molecule has 7 rings (SSSR count). The average Bonchev–Trinajstić information content (AvgIpc) is 2.96. The van der Waals surface area contributed by atoms with Crippen molar-refractivity contribution in [3.8, 4) is 23.3 Å². The van der Waals surface area contributed by atoms with E-state index >= 15 is 0 Å². The van der Waals surface area contributed by atoms with Crippen LogP contribution < -0.4 is 14.8 Å². The Kier molecular flexibility index (Phi) is 8.37. The second-order valence-electron chi connectivity index (χ2n) is 12.3. The van der Waals surface area contributed by atoms with E-state index in [2.05, 4.69) is 42.3 Å². The Morgan fingerprint density at radius 3 is 2.42 bits per heavy atom. The Balaban J connectivity index is 1.26. The molecule has 1 heterocycles. The van der Waals surface area contributed by atoms with Crippen molar-refractivity contribution in [2.24, 2.45) is 17.8 Å². The largest absolute Gasteiger partial charge is 0.487 e. The minimum atomic E-state index is -0.306. The van der Waals surface area contributed by atoms with Crippen molar-refractivity contribution in [3.63, 3.8) is 0 Å². The van der Waals surface area contributed by atoms with Crippen LogP contribution in [0.3, 0.4) is 0 Å². The minimum absolute atomic E-state index is 0.0287. The molecule has 6 heteroatoms. The highest BCUT2D eigenvalue weighted by molar-refractivity contribution is 5.53. The first-order valence-electron chi connectivity index (χ1n) is 15.0. The fraction of sp³-hybridized carbons (Fsp3) is 0.588. The van der Waals surface area contributed by atoms with Crippen LogP contribution in [0, 0.1) is 29.6 Å². The van der Waals surface area contributed by atoms with E-state index in [9.17, 15) is 0 Å². The molecule has 0 radical (unpaired) electrons. The maximum absolute atomic E-state index is 6.34. The van der Waals surface area contributed by atoms with Crippen LogP contribution in [0.1, 0.15) is 69.1 Å². The average molecular weight is 546 g/mol. The number of hydrogen-bond acceptors (Lipinski definition) is 6. The number of hydrogen-bond donors (Lipinski definition) is 1. The van der Waals surface area contributed by atoms with Crippen molar-refractivity contribution >= 4 is 0 Å². The fourth-order valence-electron chi connectivity index (χ4n) is 7.83. The first kappa shape index (κ1) is 27.6. The van der Waals surface area contributed by atoms with Gasteiger partial charge in [-0.2, -0.15) is 0 Å². The Bertz CT molecular complexity index is 1190. The lowest BCUT2D eigenvalue weighted by Crippen LogP contribution is -2.48. The Morgan fingerprint density at radius 1 is 0.975 bits per heavy atom. The van der Waals surface area contributed by atoms with Gasteiger partial charge in [-0.25, -0.2) is 0 Å². The van der Waals surface area contributed by atoms with Crippen LogP contribution in [0.15, 0.2) is 42.5 Å². The lowest BCUT2D eigenvalue weighted by atomic mass is 9.48. The molecule has 0 amide bonds. The SMILES string of the molecule is COC(C)OCOc1ccc(C#Cc2ccccc2OC(C)C2CNCCO2)cc1C12CC3CC(CC(C3)C1)C2. The van der Waals surface area contributed by atoms with E-state index in [0.717, 1.165) is 53.5 Å². The predicted octanol–water partition coefficient (Wildman–Crippen LogP) is 5.66. The second kappa shape index (κ2) is 12.1. The van der Waals surface area contributed by atoms with E-state index < -0.39 is 0 Å². The molecule has 2 aromatic carbocycles. The number of benzene rings is 2. The molecule has 40 heavy (non-hydrogen) atoms. The predicted molar refractivity (Wildman–Crippen MR) is 154 cm³/mol. The van der Waals surface area contributed by atoms with Crippen molar-refractivity contribution in [3.05, 3.63) is 59.2 Å². The van der Waals surface area contributed by atoms with Crippen LogP contribution >= 0.6 is 0 Å². The highest BCUT2D eigenvalue weighted by atomic mass is 16.7. The van der Waals surface area contributed by atoms with Crippen LogP contribution in [0.2, 0.25) is 0 Å². The number of para-hydroxylation sites is 1. The van der Waals surface area contributed by atoms with Crippen LogP contribution in [0.4, 0.5) is 0 Å². The first-order chi connectivity index (χ1) is 19.5. The smallest absolute Gasteiger partial charge is 0.191 e. The summed E-state index contributed by atoms with van der Waals surface area (Å²) in [6.07, 6.45) is 7.64. The van der Waals surface area contributed by atoms with Crippen molar-refractivity contribution in [2.45, 2.75) is 76.3 Å². The number of ether oxygens (including phenoxy) is 5. The molecule has 2 aromatic rings. The van der Waals surface area contributed by atoms with Gasteiger partial charge in [-0.3, -0.25) is 0 Å². The van der Waals surface area contributed by atoms with E-state index in [0.29, 0.717) is 6.61 Å². The van der Waals surface area contributed by atoms with Gasteiger partial charge in [0.05, 0.1) is 12.2 Å². The number of morpholine rings is 1. The summed E-state index contributed by atoms with van der Waals surface area (Å²) >= 11 is 0. The minimum Gasteiger partial charge on any atom is -0.487 e. The molecule has 1 saturated heterocycles. The summed E-state index contributed by atoms with van der Waals surface area (Å²) in [4.78, 5) is 0. The van der Waals surface area contributed by atoms with Crippen LogP contribution in [-0.2, 0) is 19.6 Å². The van der Waals surface area contributed by atoms with E-state index in [1.54, 1.807) is 7.11 Å². The molecule has 5 fully saturated rings. The van der Waals surface area contributed by atoms with Gasteiger partial charge in [0.2, 0.25) is 0 Å². The van der Waals surface area contributed by atoms with Crippen molar-refractivity contribution in [1.29, 1.82) is 0 Å². The number of rotatable bonds is 9. The maximum Gasteiger partial charge on any atom is 0.191 e. The molecular formula is C34H43NO5. The molecule has 4 aliphatic carbocycles. The number of nitrogens with one attached hydrogen (secondary N) is 1. The van der Waals surface area contributed by atoms with Gasteiger partial charge in [-0.1, -0.05) is 24.0 Å². The zero-order valence-electron chi connectivity index (χ0n) is 24.1. The van der Waals surface area contributed by atoms with Gasteiger partial charge < -0.3 is 29.0 Å². The highest BCUT2D eigenvalue weighted by Crippen LogP contribution is 2.62. The molecule has 5 aliphatic rings. The molecule has 6 nitrogen and oxygen atoms in total. The molecule has 3 atom stereocenters. The molecule has 4 bridgehead atoms. The van der Waals surface area contributed by atoms with E-state index in [4.69, 9.17) is 23.7 Å². The highest BCUT2D eigenvalue weighted by Gasteiger charge is 2.52. The summed E-state index contributed by atoms with van der Waals surface area (Å²) in [7, 11) is 1.64. The Hall–Kier alpha value is -2.56. The van der Waals surface area contributed by atoms with Crippen LogP contribution in [0.25, 0.3) is 0 Å². The lowest BCUT2D eigenvalue weighted by molar-refractivity contribution is -0.150. The van der Waals surface area contributed by atoms with Gasteiger partial charge >= 0.3 is 0 Å². The van der Waals surface area contributed by atoms with Crippen molar-refractivity contribution in [1.82, 2.24) is 5.32 Å². The van der Waals surface area contributed by atoms with Crippen molar-refractivity contribution < 1.29 is 23.7 Å². The van der Waals surface area contributed by atoms with Crippen molar-refractivity contribution in [2.75, 3.05) is 33.6 Å². The zero-order valence-corrected chi connectivity index (χ0v) is 24.1. The summed E-state index contributed by atoms with van der Waals surface area (Å²) in [5.41, 5.74) is 3.38. The molecular weight excluding hydrogens is 502 g/mol. The normalized spacial score (nSPS) is 30.3. The Morgan fingerprint density at radius 2 is 1.73 bits per heavy atom. The standard InChI is InChI=1S/C34H43NO5/c1-23(33-21-35-12-13-37-33)40-31-7-5-4-6-29(31)10-8-25-9-11-32(39-22-38-24(2)36-3)30(17-25)34-18-26-14-27(19-34)16-28(15-26)20-34/h4-7,9,11,17,23-24,26-28,33,35H,12-16,18-22H2,1-3H3. The maximum atomic E-state index is 6.34. The molecule has 0 spiro atoms. The summed E-state index contributed by atoms with van der Waals surface area (Å²) in [6, 6.07) is 14.5. The molecule has 0 aromatic heterocycles. The summed E-state index contributed by atoms with van der Waals surface area (Å²) in [6.45, 7) is 6.51. The Labute approximate surface area is 239 Å². The lowest BCUT2D eigenvalue weighted by Gasteiger charge is -2.57. The molecule has 214 valence electrons. The molecule has 3 unspecified atom stereocenters. The molecule has 1 aliphatic heterocycles. The number of methoxy groups -OCH3 is 1. The van der Waals surface area contributed by atoms with Gasteiger partial charge in [0.1, 0.15) is 23.7 Å². The summed E-state index contributed by atoms with van der Waals surface area (Å²) in [5.74, 6) is 11.1. The quantitative estimate of drug-likeness (QED) is 0.324. The van der Waals surface area contributed by atoms with Crippen LogP contribution in [-0.4, -0.2) is 52.1 Å². The second-order valence-corrected chi connectivity index (χ2v) is 12.3. The monoisotopic (exact) mass is 545 g/mol. The van der Waals surface area contributed by atoms with Gasteiger partial charge in [-0.15, -0.1) is 0 Å². The zero-order chi connectivity index (χ0) is 27.5. The third-order valence-corrected chi connectivity index (χ3v) is 9.46. The fourth-order valence-corrected chi connectivity index (χ4v) is 7.83. The van der Waals surface area contributed by atoms with E-state index in [-0.39, 0.29) is 30.7 Å². The van der Waals surface area contributed by atoms with Gasteiger partial charge in [0.25, 0.3) is 0 Å². The van der Waals surface area contributed by atoms with Gasteiger partial charge in [-0.05, 0) is 106 Å². The van der Waals surface area contributed by atoms with E-state index in [1.165, 1.54) is 44.1 Å². The first-order valence-corrected chi connectivity index (χ1v) is 15.0. The van der Waals surface area contributed by atoms with Crippen LogP contribution in [0.5, 0.6) is 11.5 Å². The van der Waals surface area contributed by atoms with E-state index in [1.807, 2.05) is 31.2 Å². The summed E-state index contributed by atoms with van der Waals surface area (Å²) in [5, 5.41) is 3.38.